The van der Waals surface area contributed by atoms with Crippen LogP contribution >= 0.6 is 15.9 Å². The van der Waals surface area contributed by atoms with E-state index in [0.29, 0.717) is 6.54 Å². The Morgan fingerprint density at radius 1 is 1.40 bits per heavy atom. The van der Waals surface area contributed by atoms with Gasteiger partial charge in [0.05, 0.1) is 17.6 Å². The molecule has 0 spiro atoms. The Balaban J connectivity index is 2.40. The van der Waals surface area contributed by atoms with Gasteiger partial charge in [0.1, 0.15) is 0 Å². The number of nitrogens with zero attached hydrogens (tertiary/aromatic N) is 3. The summed E-state index contributed by atoms with van der Waals surface area (Å²) < 4.78 is 2.83. The summed E-state index contributed by atoms with van der Waals surface area (Å²) in [7, 11) is 0. The molecule has 15 heavy (non-hydrogen) atoms. The number of nitrogens with two attached hydrogens (primary N) is 1. The minimum atomic E-state index is 0.599. The molecule has 2 N–H and O–H groups in total. The van der Waals surface area contributed by atoms with Gasteiger partial charge in [0.2, 0.25) is 0 Å². The summed E-state index contributed by atoms with van der Waals surface area (Å²) in [5.41, 5.74) is 7.53. The first-order valence-electron chi connectivity index (χ1n) is 4.67. The van der Waals surface area contributed by atoms with Gasteiger partial charge in [-0.2, -0.15) is 0 Å². The van der Waals surface area contributed by atoms with Gasteiger partial charge < -0.3 is 5.73 Å². The zero-order chi connectivity index (χ0) is 10.7. The predicted octanol–water partition coefficient (Wildman–Crippen LogP) is 1.53. The standard InChI is InChI=1S/C10H11BrN4/c11-8-2-1-3-9(6-8)15-10(4-5-12)7-13-14-15/h1-3,6-7H,4-5,12H2. The molecule has 0 aliphatic carbocycles. The molecule has 0 aliphatic heterocycles. The minimum absolute atomic E-state index is 0.599. The molecule has 78 valence electrons. The van der Waals surface area contributed by atoms with Gasteiger partial charge in [-0.3, -0.25) is 0 Å². The van der Waals surface area contributed by atoms with E-state index in [4.69, 9.17) is 5.73 Å². The Labute approximate surface area is 96.2 Å². The smallest absolute Gasteiger partial charge is 0.0730 e. The third-order valence-electron chi connectivity index (χ3n) is 2.07. The normalized spacial score (nSPS) is 10.5. The number of benzene rings is 1. The highest BCUT2D eigenvalue weighted by Crippen LogP contribution is 2.15. The van der Waals surface area contributed by atoms with Crippen molar-refractivity contribution >= 4 is 15.9 Å². The molecule has 0 radical (unpaired) electrons. The van der Waals surface area contributed by atoms with Gasteiger partial charge in [0.15, 0.2) is 0 Å². The Hall–Kier alpha value is -1.20. The van der Waals surface area contributed by atoms with E-state index in [1.165, 1.54) is 0 Å². The summed E-state index contributed by atoms with van der Waals surface area (Å²) in [6, 6.07) is 7.92. The van der Waals surface area contributed by atoms with Crippen molar-refractivity contribution in [2.45, 2.75) is 6.42 Å². The van der Waals surface area contributed by atoms with Gasteiger partial charge >= 0.3 is 0 Å². The lowest BCUT2D eigenvalue weighted by atomic mass is 10.3. The summed E-state index contributed by atoms with van der Waals surface area (Å²) in [6.07, 6.45) is 2.52. The van der Waals surface area contributed by atoms with Gasteiger partial charge in [-0.15, -0.1) is 5.10 Å². The first-order chi connectivity index (χ1) is 7.31. The highest BCUT2D eigenvalue weighted by molar-refractivity contribution is 9.10. The van der Waals surface area contributed by atoms with Gasteiger partial charge in [0.25, 0.3) is 0 Å². The number of rotatable bonds is 3. The van der Waals surface area contributed by atoms with Crippen molar-refractivity contribution in [3.8, 4) is 5.69 Å². The van der Waals surface area contributed by atoms with E-state index in [1.807, 2.05) is 24.3 Å². The second-order valence-electron chi connectivity index (χ2n) is 3.16. The van der Waals surface area contributed by atoms with Crippen molar-refractivity contribution in [3.63, 3.8) is 0 Å². The van der Waals surface area contributed by atoms with Crippen molar-refractivity contribution in [2.75, 3.05) is 6.54 Å². The average molecular weight is 267 g/mol. The molecule has 0 fully saturated rings. The monoisotopic (exact) mass is 266 g/mol. The van der Waals surface area contributed by atoms with E-state index >= 15 is 0 Å². The molecule has 2 aromatic rings. The summed E-state index contributed by atoms with van der Waals surface area (Å²) >= 11 is 3.43. The maximum absolute atomic E-state index is 5.52. The van der Waals surface area contributed by atoms with Crippen molar-refractivity contribution in [2.24, 2.45) is 5.73 Å². The van der Waals surface area contributed by atoms with Gasteiger partial charge in [0, 0.05) is 10.9 Å². The number of aromatic nitrogens is 3. The topological polar surface area (TPSA) is 56.7 Å². The van der Waals surface area contributed by atoms with Crippen molar-refractivity contribution in [3.05, 3.63) is 40.6 Å². The van der Waals surface area contributed by atoms with E-state index in [0.717, 1.165) is 22.3 Å². The van der Waals surface area contributed by atoms with Crippen LogP contribution in [0.25, 0.3) is 5.69 Å². The van der Waals surface area contributed by atoms with Crippen LogP contribution < -0.4 is 5.73 Å². The third kappa shape index (κ3) is 2.24. The first kappa shape index (κ1) is 10.3. The molecular weight excluding hydrogens is 256 g/mol. The lowest BCUT2D eigenvalue weighted by molar-refractivity contribution is 0.755. The van der Waals surface area contributed by atoms with Crippen LogP contribution in [0.3, 0.4) is 0 Å². The number of hydrogen-bond acceptors (Lipinski definition) is 3. The van der Waals surface area contributed by atoms with Crippen molar-refractivity contribution < 1.29 is 0 Å². The molecule has 1 aromatic carbocycles. The van der Waals surface area contributed by atoms with Crippen LogP contribution in [0.2, 0.25) is 0 Å². The van der Waals surface area contributed by atoms with Crippen molar-refractivity contribution in [1.29, 1.82) is 0 Å². The summed E-state index contributed by atoms with van der Waals surface area (Å²) in [4.78, 5) is 0. The molecule has 0 saturated heterocycles. The maximum Gasteiger partial charge on any atom is 0.0730 e. The van der Waals surface area contributed by atoms with Crippen LogP contribution in [0.1, 0.15) is 5.69 Å². The Morgan fingerprint density at radius 2 is 2.27 bits per heavy atom. The Bertz CT molecular complexity index is 452. The molecule has 1 aromatic heterocycles. The van der Waals surface area contributed by atoms with E-state index in [2.05, 4.69) is 26.2 Å². The molecule has 5 heteroatoms. The first-order valence-corrected chi connectivity index (χ1v) is 5.46. The SMILES string of the molecule is NCCc1cnnn1-c1cccc(Br)c1. The lowest BCUT2D eigenvalue weighted by Crippen LogP contribution is -2.08. The van der Waals surface area contributed by atoms with Crippen LogP contribution in [0.15, 0.2) is 34.9 Å². The van der Waals surface area contributed by atoms with Gasteiger partial charge in [-0.1, -0.05) is 27.2 Å². The van der Waals surface area contributed by atoms with Crippen LogP contribution in [0, 0.1) is 0 Å². The molecule has 4 nitrogen and oxygen atoms in total. The minimum Gasteiger partial charge on any atom is -0.330 e. The molecule has 0 saturated carbocycles. The van der Waals surface area contributed by atoms with Gasteiger partial charge in [-0.05, 0) is 24.7 Å². The summed E-state index contributed by atoms with van der Waals surface area (Å²) in [5, 5.41) is 7.93. The molecule has 2 rings (SSSR count). The number of halogens is 1. The fourth-order valence-electron chi connectivity index (χ4n) is 1.40. The second-order valence-corrected chi connectivity index (χ2v) is 4.07. The molecule has 0 aliphatic rings. The van der Waals surface area contributed by atoms with Crippen LogP contribution in [-0.2, 0) is 6.42 Å². The zero-order valence-corrected chi connectivity index (χ0v) is 9.68. The van der Waals surface area contributed by atoms with E-state index < -0.39 is 0 Å². The predicted molar refractivity (Wildman–Crippen MR) is 61.8 cm³/mol. The molecular formula is C10H11BrN4. The Morgan fingerprint density at radius 3 is 3.00 bits per heavy atom. The van der Waals surface area contributed by atoms with Crippen LogP contribution in [0.5, 0.6) is 0 Å². The van der Waals surface area contributed by atoms with E-state index in [9.17, 15) is 0 Å². The number of hydrogen-bond donors (Lipinski definition) is 1. The largest absolute Gasteiger partial charge is 0.330 e. The highest BCUT2D eigenvalue weighted by Gasteiger charge is 2.05. The lowest BCUT2D eigenvalue weighted by Gasteiger charge is -2.05. The fourth-order valence-corrected chi connectivity index (χ4v) is 1.79. The molecule has 0 unspecified atom stereocenters. The highest BCUT2D eigenvalue weighted by atomic mass is 79.9. The maximum atomic E-state index is 5.52. The second kappa shape index (κ2) is 4.55. The zero-order valence-electron chi connectivity index (χ0n) is 8.10. The van der Waals surface area contributed by atoms with Crippen LogP contribution in [0.4, 0.5) is 0 Å². The summed E-state index contributed by atoms with van der Waals surface area (Å²) in [6.45, 7) is 0.599. The summed E-state index contributed by atoms with van der Waals surface area (Å²) in [5.74, 6) is 0. The van der Waals surface area contributed by atoms with Gasteiger partial charge in [-0.25, -0.2) is 4.68 Å². The van der Waals surface area contributed by atoms with E-state index in [-0.39, 0.29) is 0 Å². The fraction of sp³-hybridized carbons (Fsp3) is 0.200. The molecule has 0 amide bonds. The average Bonchev–Trinajstić information content (AvgIpc) is 2.66. The quantitative estimate of drug-likeness (QED) is 0.917. The molecule has 0 atom stereocenters. The van der Waals surface area contributed by atoms with E-state index in [1.54, 1.807) is 10.9 Å². The van der Waals surface area contributed by atoms with Crippen molar-refractivity contribution in [1.82, 2.24) is 15.0 Å². The third-order valence-corrected chi connectivity index (χ3v) is 2.57. The molecule has 0 bridgehead atoms. The Kier molecular flexibility index (Phi) is 3.13. The van der Waals surface area contributed by atoms with Crippen LogP contribution in [-0.4, -0.2) is 21.5 Å². The molecule has 1 heterocycles.